The van der Waals surface area contributed by atoms with Gasteiger partial charge >= 0.3 is 6.01 Å². The maximum absolute atomic E-state index is 11.7. The summed E-state index contributed by atoms with van der Waals surface area (Å²) in [6.07, 6.45) is -6.67. The van der Waals surface area contributed by atoms with Crippen LogP contribution in [-0.4, -0.2) is 74.3 Å². The maximum Gasteiger partial charge on any atom is 0.300 e. The van der Waals surface area contributed by atoms with Crippen LogP contribution in [0.4, 0.5) is 5.82 Å². The van der Waals surface area contributed by atoms with Crippen LogP contribution >= 0.6 is 0 Å². The zero-order chi connectivity index (χ0) is 16.4. The zero-order valence-electron chi connectivity index (χ0n) is 12.1. The molecule has 0 aromatic carbocycles. The molecule has 1 aliphatic heterocycles. The molecule has 0 spiro atoms. The molecule has 124 valence electrons. The van der Waals surface area contributed by atoms with Crippen LogP contribution in [0.1, 0.15) is 0 Å². The fraction of sp³-hybridized carbons (Fsp3) is 0.667. The van der Waals surface area contributed by atoms with Crippen LogP contribution < -0.4 is 15.6 Å². The van der Waals surface area contributed by atoms with Crippen molar-refractivity contribution in [3.8, 4) is 6.01 Å². The van der Waals surface area contributed by atoms with E-state index in [0.717, 1.165) is 6.07 Å². The predicted octanol–water partition coefficient (Wildman–Crippen LogP) is -3.00. The number of methoxy groups -OCH3 is 1. The Morgan fingerprint density at radius 3 is 2.64 bits per heavy atom. The van der Waals surface area contributed by atoms with Crippen molar-refractivity contribution in [3.05, 3.63) is 16.4 Å². The van der Waals surface area contributed by atoms with Gasteiger partial charge in [-0.25, -0.2) is 0 Å². The second-order valence-corrected chi connectivity index (χ2v) is 4.92. The SMILES string of the molecule is COc1nc(N[C@H]2O[C@@H](CO)[C@@H](O)[C@@H](O)[C@@H]2O)cc(=O)n1C. The van der Waals surface area contributed by atoms with Crippen molar-refractivity contribution in [2.45, 2.75) is 30.6 Å². The van der Waals surface area contributed by atoms with Crippen molar-refractivity contribution in [1.82, 2.24) is 9.55 Å². The van der Waals surface area contributed by atoms with E-state index in [0.29, 0.717) is 0 Å². The Balaban J connectivity index is 2.22. The van der Waals surface area contributed by atoms with Crippen LogP contribution in [0, 0.1) is 0 Å². The number of hydrogen-bond donors (Lipinski definition) is 5. The molecule has 2 rings (SSSR count). The Morgan fingerprint density at radius 2 is 2.05 bits per heavy atom. The molecule has 2 heterocycles. The highest BCUT2D eigenvalue weighted by Gasteiger charge is 2.43. The van der Waals surface area contributed by atoms with E-state index < -0.39 is 42.8 Å². The van der Waals surface area contributed by atoms with E-state index in [4.69, 9.17) is 14.6 Å². The number of aliphatic hydroxyl groups excluding tert-OH is 4. The zero-order valence-corrected chi connectivity index (χ0v) is 12.1. The monoisotopic (exact) mass is 317 g/mol. The minimum absolute atomic E-state index is 0.0413. The second kappa shape index (κ2) is 6.58. The third kappa shape index (κ3) is 3.05. The number of hydrogen-bond acceptors (Lipinski definition) is 9. The van der Waals surface area contributed by atoms with Crippen LogP contribution in [0.5, 0.6) is 6.01 Å². The summed E-state index contributed by atoms with van der Waals surface area (Å²) in [5, 5.41) is 41.1. The lowest BCUT2D eigenvalue weighted by Gasteiger charge is -2.40. The molecule has 1 aliphatic rings. The summed E-state index contributed by atoms with van der Waals surface area (Å²) in [7, 11) is 2.82. The van der Waals surface area contributed by atoms with E-state index in [1.807, 2.05) is 0 Å². The van der Waals surface area contributed by atoms with Crippen LogP contribution in [0.15, 0.2) is 10.9 Å². The Hall–Kier alpha value is -1.72. The van der Waals surface area contributed by atoms with Crippen molar-refractivity contribution in [2.75, 3.05) is 19.0 Å². The molecule has 0 unspecified atom stereocenters. The van der Waals surface area contributed by atoms with Gasteiger partial charge in [0.1, 0.15) is 30.2 Å². The van der Waals surface area contributed by atoms with Crippen molar-refractivity contribution in [3.63, 3.8) is 0 Å². The van der Waals surface area contributed by atoms with Gasteiger partial charge in [0.15, 0.2) is 6.23 Å². The van der Waals surface area contributed by atoms with Crippen LogP contribution in [-0.2, 0) is 11.8 Å². The van der Waals surface area contributed by atoms with Gasteiger partial charge < -0.3 is 35.2 Å². The third-order valence-corrected chi connectivity index (χ3v) is 3.46. The maximum atomic E-state index is 11.7. The number of nitrogens with one attached hydrogen (secondary N) is 1. The standard InChI is InChI=1S/C12H19N3O7/c1-15-7(17)3-6(14-12(15)21-2)13-11-10(20)9(19)8(18)5(4-16)22-11/h3,5,8-11,13,16,18-20H,4H2,1-2H3/t5-,8+,9+,10-,11-/m0/s1. The van der Waals surface area contributed by atoms with Gasteiger partial charge in [-0.15, -0.1) is 0 Å². The number of ether oxygens (including phenoxy) is 2. The quantitative estimate of drug-likeness (QED) is 0.392. The van der Waals surface area contributed by atoms with E-state index in [2.05, 4.69) is 10.3 Å². The van der Waals surface area contributed by atoms with Gasteiger partial charge in [-0.1, -0.05) is 0 Å². The van der Waals surface area contributed by atoms with Gasteiger partial charge in [-0.05, 0) is 0 Å². The molecule has 1 aromatic heterocycles. The van der Waals surface area contributed by atoms with Crippen molar-refractivity contribution in [1.29, 1.82) is 0 Å². The van der Waals surface area contributed by atoms with E-state index in [1.54, 1.807) is 0 Å². The first kappa shape index (κ1) is 16.6. The summed E-state index contributed by atoms with van der Waals surface area (Å²) in [6.45, 7) is -0.545. The van der Waals surface area contributed by atoms with Gasteiger partial charge in [0.05, 0.1) is 13.7 Å². The fourth-order valence-electron chi connectivity index (χ4n) is 2.14. The molecular weight excluding hydrogens is 298 g/mol. The Kier molecular flexibility index (Phi) is 4.98. The molecule has 0 aliphatic carbocycles. The van der Waals surface area contributed by atoms with Crippen molar-refractivity contribution < 1.29 is 29.9 Å². The summed E-state index contributed by atoms with van der Waals surface area (Å²) in [5.74, 6) is 0.0595. The van der Waals surface area contributed by atoms with Gasteiger partial charge in [0.25, 0.3) is 5.56 Å². The minimum atomic E-state index is -1.52. The summed E-state index contributed by atoms with van der Waals surface area (Å²) in [5.41, 5.74) is -0.404. The highest BCUT2D eigenvalue weighted by Crippen LogP contribution is 2.22. The summed E-state index contributed by atoms with van der Waals surface area (Å²) < 4.78 is 11.4. The van der Waals surface area contributed by atoms with Crippen molar-refractivity contribution in [2.24, 2.45) is 7.05 Å². The predicted molar refractivity (Wildman–Crippen MR) is 73.4 cm³/mol. The molecule has 0 saturated carbocycles. The fourth-order valence-corrected chi connectivity index (χ4v) is 2.14. The highest BCUT2D eigenvalue weighted by atomic mass is 16.6. The van der Waals surface area contributed by atoms with E-state index in [-0.39, 0.29) is 11.8 Å². The Morgan fingerprint density at radius 1 is 1.36 bits per heavy atom. The largest absolute Gasteiger partial charge is 0.468 e. The van der Waals surface area contributed by atoms with Gasteiger partial charge in [-0.3, -0.25) is 9.36 Å². The molecule has 10 nitrogen and oxygen atoms in total. The Bertz CT molecular complexity index is 576. The first-order valence-electron chi connectivity index (χ1n) is 6.58. The molecule has 0 bridgehead atoms. The van der Waals surface area contributed by atoms with Gasteiger partial charge in [-0.2, -0.15) is 4.98 Å². The number of aliphatic hydroxyl groups is 4. The Labute approximate surface area is 125 Å². The molecule has 0 amide bonds. The highest BCUT2D eigenvalue weighted by molar-refractivity contribution is 5.36. The molecule has 1 fully saturated rings. The third-order valence-electron chi connectivity index (χ3n) is 3.46. The molecule has 1 saturated heterocycles. The number of anilines is 1. The molecule has 5 N–H and O–H groups in total. The van der Waals surface area contributed by atoms with Gasteiger partial charge in [0, 0.05) is 13.1 Å². The summed E-state index contributed by atoms with van der Waals surface area (Å²) in [4.78, 5) is 15.8. The normalized spacial score (nSPS) is 31.8. The van der Waals surface area contributed by atoms with E-state index in [9.17, 15) is 20.1 Å². The van der Waals surface area contributed by atoms with Crippen LogP contribution in [0.25, 0.3) is 0 Å². The number of rotatable bonds is 4. The average Bonchev–Trinajstić information content (AvgIpc) is 2.51. The first-order chi connectivity index (χ1) is 10.4. The molecule has 22 heavy (non-hydrogen) atoms. The molecule has 1 aromatic rings. The van der Waals surface area contributed by atoms with Crippen LogP contribution in [0.2, 0.25) is 0 Å². The second-order valence-electron chi connectivity index (χ2n) is 4.92. The molecular formula is C12H19N3O7. The van der Waals surface area contributed by atoms with E-state index in [1.165, 1.54) is 18.7 Å². The molecule has 10 heteroatoms. The number of aromatic nitrogens is 2. The van der Waals surface area contributed by atoms with Gasteiger partial charge in [0.2, 0.25) is 0 Å². The number of nitrogens with zero attached hydrogens (tertiary/aromatic N) is 2. The first-order valence-corrected chi connectivity index (χ1v) is 6.58. The topological polar surface area (TPSA) is 146 Å². The summed E-state index contributed by atoms with van der Waals surface area (Å²) >= 11 is 0. The smallest absolute Gasteiger partial charge is 0.300 e. The molecule has 0 radical (unpaired) electrons. The van der Waals surface area contributed by atoms with Crippen molar-refractivity contribution >= 4 is 5.82 Å². The minimum Gasteiger partial charge on any atom is -0.468 e. The lowest BCUT2D eigenvalue weighted by atomic mass is 9.98. The lowest BCUT2D eigenvalue weighted by molar-refractivity contribution is -0.221. The molecule has 5 atom stereocenters. The van der Waals surface area contributed by atoms with E-state index >= 15 is 0 Å². The average molecular weight is 317 g/mol. The lowest BCUT2D eigenvalue weighted by Crippen LogP contribution is -2.60. The summed E-state index contributed by atoms with van der Waals surface area (Å²) in [6, 6.07) is 1.20. The van der Waals surface area contributed by atoms with Crippen LogP contribution in [0.3, 0.4) is 0 Å².